The van der Waals surface area contributed by atoms with Crippen LogP contribution in [-0.4, -0.2) is 27.7 Å². The van der Waals surface area contributed by atoms with E-state index >= 15 is 0 Å². The number of aliphatic hydroxyl groups excluding tert-OH is 1. The van der Waals surface area contributed by atoms with Crippen LogP contribution in [0.1, 0.15) is 64.3 Å². The predicted molar refractivity (Wildman–Crippen MR) is 119 cm³/mol. The number of alkyl carbamates (subject to hydrolysis) is 1. The fourth-order valence-electron chi connectivity index (χ4n) is 3.61. The molecule has 0 fully saturated rings. The van der Waals surface area contributed by atoms with E-state index in [2.05, 4.69) is 15.6 Å². The van der Waals surface area contributed by atoms with Crippen molar-refractivity contribution >= 4 is 17.7 Å². The molecule has 7 heteroatoms. The van der Waals surface area contributed by atoms with Crippen LogP contribution in [0.2, 0.25) is 0 Å². The molecule has 0 saturated carbocycles. The highest BCUT2D eigenvalue weighted by Crippen LogP contribution is 2.32. The number of fused-ring (bicyclic) bond motifs is 4. The average Bonchev–Trinajstić information content (AvgIpc) is 2.71. The summed E-state index contributed by atoms with van der Waals surface area (Å²) in [5.74, 6) is -0.263. The van der Waals surface area contributed by atoms with Crippen molar-refractivity contribution in [2.24, 2.45) is 5.92 Å². The number of carbonyl (C=O) groups is 2. The Morgan fingerprint density at radius 3 is 2.74 bits per heavy atom. The van der Waals surface area contributed by atoms with E-state index < -0.39 is 11.7 Å². The highest BCUT2D eigenvalue weighted by molar-refractivity contribution is 5.96. The summed E-state index contributed by atoms with van der Waals surface area (Å²) in [4.78, 5) is 29.7. The Morgan fingerprint density at radius 2 is 2.03 bits per heavy atom. The summed E-state index contributed by atoms with van der Waals surface area (Å²) in [6, 6.07) is 8.97. The first-order chi connectivity index (χ1) is 14.7. The molecule has 0 radical (unpaired) electrons. The van der Waals surface area contributed by atoms with Gasteiger partial charge in [0.1, 0.15) is 5.60 Å². The third-order valence-electron chi connectivity index (χ3n) is 5.24. The van der Waals surface area contributed by atoms with Gasteiger partial charge in [-0.1, -0.05) is 25.5 Å². The fraction of sp³-hybridized carbons (Fsp3) is 0.458. The molecule has 0 saturated heterocycles. The van der Waals surface area contributed by atoms with Crippen LogP contribution in [0.3, 0.4) is 0 Å². The van der Waals surface area contributed by atoms with Crippen LogP contribution in [-0.2, 0) is 16.1 Å². The SMILES string of the molecule is CC1CCCC(NC(=O)OC(C)(C)C)c2cc(ccn2)-c2ccc(CO)cc2NC1=O. The number of hydrogen-bond donors (Lipinski definition) is 3. The average molecular weight is 426 g/mol. The van der Waals surface area contributed by atoms with E-state index in [1.807, 2.05) is 52.0 Å². The number of rotatable bonds is 2. The minimum absolute atomic E-state index is 0.0668. The second-order valence-electron chi connectivity index (χ2n) is 9.03. The lowest BCUT2D eigenvalue weighted by Gasteiger charge is -2.25. The number of anilines is 1. The first-order valence-corrected chi connectivity index (χ1v) is 10.7. The second kappa shape index (κ2) is 9.47. The van der Waals surface area contributed by atoms with Gasteiger partial charge in [-0.05, 0) is 62.9 Å². The van der Waals surface area contributed by atoms with Crippen molar-refractivity contribution < 1.29 is 19.4 Å². The van der Waals surface area contributed by atoms with Crippen LogP contribution in [0.25, 0.3) is 11.1 Å². The summed E-state index contributed by atoms with van der Waals surface area (Å²) in [6.07, 6.45) is 3.27. The molecular formula is C24H31N3O4. The maximum absolute atomic E-state index is 12.8. The summed E-state index contributed by atoms with van der Waals surface area (Å²) in [5.41, 5.74) is 3.21. The summed E-state index contributed by atoms with van der Waals surface area (Å²) in [6.45, 7) is 7.26. The molecule has 1 aromatic heterocycles. The predicted octanol–water partition coefficient (Wildman–Crippen LogP) is 4.57. The van der Waals surface area contributed by atoms with E-state index in [1.54, 1.807) is 12.3 Å². The Hall–Kier alpha value is -2.93. The number of ether oxygens (including phenoxy) is 1. The van der Waals surface area contributed by atoms with Crippen LogP contribution >= 0.6 is 0 Å². The normalized spacial score (nSPS) is 19.3. The van der Waals surface area contributed by atoms with Gasteiger partial charge in [0.05, 0.1) is 18.3 Å². The van der Waals surface area contributed by atoms with Crippen molar-refractivity contribution in [3.63, 3.8) is 0 Å². The minimum atomic E-state index is -0.597. The Kier molecular flexibility index (Phi) is 6.95. The van der Waals surface area contributed by atoms with Crippen molar-refractivity contribution in [2.75, 3.05) is 5.32 Å². The molecule has 3 rings (SSSR count). The molecular weight excluding hydrogens is 394 g/mol. The van der Waals surface area contributed by atoms with Gasteiger partial charge in [-0.25, -0.2) is 4.79 Å². The highest BCUT2D eigenvalue weighted by atomic mass is 16.6. The Balaban J connectivity index is 2.01. The van der Waals surface area contributed by atoms with Gasteiger partial charge in [-0.15, -0.1) is 0 Å². The van der Waals surface area contributed by atoms with Gasteiger partial charge < -0.3 is 20.5 Å². The number of benzene rings is 1. The van der Waals surface area contributed by atoms with Crippen molar-refractivity contribution in [2.45, 2.75) is 65.2 Å². The molecule has 2 bridgehead atoms. The molecule has 1 aliphatic heterocycles. The second-order valence-corrected chi connectivity index (χ2v) is 9.03. The molecule has 2 heterocycles. The summed E-state index contributed by atoms with van der Waals surface area (Å²) >= 11 is 0. The van der Waals surface area contributed by atoms with E-state index in [9.17, 15) is 14.7 Å². The number of aromatic nitrogens is 1. The topological polar surface area (TPSA) is 101 Å². The van der Waals surface area contributed by atoms with Crippen LogP contribution in [0.15, 0.2) is 36.5 Å². The zero-order valence-electron chi connectivity index (χ0n) is 18.6. The molecule has 2 unspecified atom stereocenters. The number of aliphatic hydroxyl groups is 1. The van der Waals surface area contributed by atoms with E-state index in [4.69, 9.17) is 4.74 Å². The number of nitrogens with zero attached hydrogens (tertiary/aromatic N) is 1. The van der Waals surface area contributed by atoms with Crippen molar-refractivity contribution in [3.05, 3.63) is 47.8 Å². The lowest BCUT2D eigenvalue weighted by molar-refractivity contribution is -0.119. The van der Waals surface area contributed by atoms with E-state index in [0.29, 0.717) is 18.5 Å². The maximum Gasteiger partial charge on any atom is 0.408 e. The quantitative estimate of drug-likeness (QED) is 0.655. The molecule has 31 heavy (non-hydrogen) atoms. The third kappa shape index (κ3) is 6.04. The van der Waals surface area contributed by atoms with E-state index in [-0.39, 0.29) is 24.5 Å². The lowest BCUT2D eigenvalue weighted by Crippen LogP contribution is -2.35. The first kappa shape index (κ1) is 22.7. The van der Waals surface area contributed by atoms with Gasteiger partial charge in [-0.3, -0.25) is 9.78 Å². The standard InChI is InChI=1S/C24H31N3O4/c1-15-6-5-7-19(27-23(30)31-24(2,3)4)21-13-17(10-11-25-21)18-9-8-16(14-28)12-20(18)26-22(15)29/h8-13,15,19,28H,5-7,14H2,1-4H3,(H,26,29)(H,27,30). The maximum atomic E-state index is 12.8. The Labute approximate surface area is 183 Å². The largest absolute Gasteiger partial charge is 0.444 e. The molecule has 3 N–H and O–H groups in total. The van der Waals surface area contributed by atoms with Crippen LogP contribution < -0.4 is 10.6 Å². The van der Waals surface area contributed by atoms with Crippen molar-refractivity contribution in [3.8, 4) is 11.1 Å². The van der Waals surface area contributed by atoms with Gasteiger partial charge in [-0.2, -0.15) is 0 Å². The van der Waals surface area contributed by atoms with Gasteiger partial charge in [0.25, 0.3) is 0 Å². The molecule has 0 aliphatic carbocycles. The lowest BCUT2D eigenvalue weighted by atomic mass is 9.95. The smallest absolute Gasteiger partial charge is 0.408 e. The van der Waals surface area contributed by atoms with Gasteiger partial charge in [0.15, 0.2) is 0 Å². The van der Waals surface area contributed by atoms with Gasteiger partial charge in [0.2, 0.25) is 5.91 Å². The minimum Gasteiger partial charge on any atom is -0.444 e. The van der Waals surface area contributed by atoms with Gasteiger partial charge in [0, 0.05) is 23.4 Å². The van der Waals surface area contributed by atoms with Gasteiger partial charge >= 0.3 is 6.09 Å². The number of pyridine rings is 1. The molecule has 2 atom stereocenters. The monoisotopic (exact) mass is 425 g/mol. The fourth-order valence-corrected chi connectivity index (χ4v) is 3.61. The molecule has 7 nitrogen and oxygen atoms in total. The zero-order valence-corrected chi connectivity index (χ0v) is 18.6. The summed E-state index contributed by atoms with van der Waals surface area (Å²) in [7, 11) is 0. The molecule has 166 valence electrons. The molecule has 2 amide bonds. The van der Waals surface area contributed by atoms with Crippen molar-refractivity contribution in [1.82, 2.24) is 10.3 Å². The Morgan fingerprint density at radius 1 is 1.26 bits per heavy atom. The summed E-state index contributed by atoms with van der Waals surface area (Å²) in [5, 5.41) is 15.5. The Bertz CT molecular complexity index is 952. The van der Waals surface area contributed by atoms with E-state index in [1.165, 1.54) is 0 Å². The molecule has 1 aliphatic rings. The molecule has 2 aromatic rings. The number of nitrogens with one attached hydrogen (secondary N) is 2. The van der Waals surface area contributed by atoms with Crippen LogP contribution in [0.4, 0.5) is 10.5 Å². The number of carbonyl (C=O) groups excluding carboxylic acids is 2. The van der Waals surface area contributed by atoms with Crippen LogP contribution in [0, 0.1) is 5.92 Å². The molecule has 1 aromatic carbocycles. The highest BCUT2D eigenvalue weighted by Gasteiger charge is 2.24. The first-order valence-electron chi connectivity index (χ1n) is 10.7. The molecule has 0 spiro atoms. The number of hydrogen-bond acceptors (Lipinski definition) is 5. The number of amides is 2. The summed E-state index contributed by atoms with van der Waals surface area (Å²) < 4.78 is 5.44. The third-order valence-corrected chi connectivity index (χ3v) is 5.24. The van der Waals surface area contributed by atoms with E-state index in [0.717, 1.165) is 28.8 Å². The zero-order chi connectivity index (χ0) is 22.6. The van der Waals surface area contributed by atoms with Crippen LogP contribution in [0.5, 0.6) is 0 Å². The van der Waals surface area contributed by atoms with Crippen molar-refractivity contribution in [1.29, 1.82) is 0 Å².